The van der Waals surface area contributed by atoms with Gasteiger partial charge < -0.3 is 4.52 Å². The van der Waals surface area contributed by atoms with Gasteiger partial charge in [0, 0.05) is 0 Å². The molecule has 5 aromatic rings. The van der Waals surface area contributed by atoms with Gasteiger partial charge in [0.25, 0.3) is 0 Å². The summed E-state index contributed by atoms with van der Waals surface area (Å²) in [5, 5.41) is 0. The van der Waals surface area contributed by atoms with Crippen molar-refractivity contribution in [1.82, 2.24) is 0 Å². The molecule has 0 amide bonds. The zero-order valence-electron chi connectivity index (χ0n) is 19.6. The highest BCUT2D eigenvalue weighted by Crippen LogP contribution is 2.70. The van der Waals surface area contributed by atoms with Crippen LogP contribution in [-0.4, -0.2) is 0 Å². The summed E-state index contributed by atoms with van der Waals surface area (Å²) in [6, 6.07) is 51.0. The van der Waals surface area contributed by atoms with Crippen LogP contribution in [-0.2, 0) is 20.2 Å². The summed E-state index contributed by atoms with van der Waals surface area (Å²) >= 11 is 0. The lowest BCUT2D eigenvalue weighted by Crippen LogP contribution is -2.48. The van der Waals surface area contributed by atoms with Crippen LogP contribution in [0.4, 0.5) is 0 Å². The average molecular weight is 489 g/mol. The molecule has 36 heavy (non-hydrogen) atoms. The van der Waals surface area contributed by atoms with Crippen molar-refractivity contribution < 1.29 is 13.6 Å². The van der Waals surface area contributed by atoms with E-state index in [0.717, 1.165) is 22.3 Å². The van der Waals surface area contributed by atoms with Crippen molar-refractivity contribution in [3.63, 3.8) is 0 Å². The van der Waals surface area contributed by atoms with Crippen molar-refractivity contribution in [3.05, 3.63) is 174 Å². The molecule has 1 fully saturated rings. The zero-order valence-corrected chi connectivity index (χ0v) is 20.5. The van der Waals surface area contributed by atoms with Crippen molar-refractivity contribution in [3.8, 4) is 5.75 Å². The van der Waals surface area contributed by atoms with E-state index in [0.29, 0.717) is 5.75 Å². The molecule has 5 aromatic carbocycles. The number of benzene rings is 5. The Morgan fingerprint density at radius 3 is 0.972 bits per heavy atom. The highest BCUT2D eigenvalue weighted by molar-refractivity contribution is 7.42. The summed E-state index contributed by atoms with van der Waals surface area (Å²) in [5.41, 5.74) is 1.93. The molecule has 0 unspecified atom stereocenters. The Hall–Kier alpha value is -3.75. The van der Waals surface area contributed by atoms with E-state index in [2.05, 4.69) is 48.5 Å². The number of rotatable bonds is 6. The molecule has 1 aliphatic heterocycles. The molecule has 0 bridgehead atoms. The summed E-state index contributed by atoms with van der Waals surface area (Å²) in [6.45, 7) is 0. The van der Waals surface area contributed by atoms with Crippen LogP contribution in [0.1, 0.15) is 22.3 Å². The molecule has 0 spiro atoms. The predicted molar refractivity (Wildman–Crippen MR) is 143 cm³/mol. The van der Waals surface area contributed by atoms with Gasteiger partial charge in [-0.15, -0.1) is 0 Å². The minimum absolute atomic E-state index is 0.704. The first-order valence-electron chi connectivity index (χ1n) is 12.0. The van der Waals surface area contributed by atoms with E-state index in [4.69, 9.17) is 13.6 Å². The molecule has 176 valence electrons. The third-order valence-corrected chi connectivity index (χ3v) is 7.77. The smallest absolute Gasteiger partial charge is 0.399 e. The Morgan fingerprint density at radius 2 is 0.667 bits per heavy atom. The van der Waals surface area contributed by atoms with E-state index in [-0.39, 0.29) is 0 Å². The zero-order chi connectivity index (χ0) is 24.3. The minimum atomic E-state index is -1.79. The van der Waals surface area contributed by atoms with Gasteiger partial charge in [0.1, 0.15) is 5.75 Å². The normalized spacial score (nSPS) is 16.4. The van der Waals surface area contributed by atoms with Crippen molar-refractivity contribution in [2.75, 3.05) is 0 Å². The first kappa shape index (κ1) is 22.7. The highest BCUT2D eigenvalue weighted by Gasteiger charge is 2.66. The van der Waals surface area contributed by atoms with Gasteiger partial charge in [0.05, 0.1) is 0 Å². The van der Waals surface area contributed by atoms with Crippen molar-refractivity contribution in [2.24, 2.45) is 0 Å². The monoisotopic (exact) mass is 488 g/mol. The van der Waals surface area contributed by atoms with Crippen LogP contribution in [0, 0.1) is 0 Å². The Morgan fingerprint density at radius 1 is 0.389 bits per heavy atom. The predicted octanol–water partition coefficient (Wildman–Crippen LogP) is 8.23. The summed E-state index contributed by atoms with van der Waals surface area (Å²) < 4.78 is 20.5. The first-order valence-corrected chi connectivity index (χ1v) is 13.1. The number of hydrogen-bond acceptors (Lipinski definition) is 3. The molecular weight excluding hydrogens is 463 g/mol. The SMILES string of the molecule is c1ccc(OP2OC(c3ccccc3)(c3ccccc3)C(c3ccccc3)(c3ccccc3)O2)cc1. The molecule has 1 saturated heterocycles. The lowest BCUT2D eigenvalue weighted by Gasteiger charge is -2.43. The maximum absolute atomic E-state index is 7.07. The second kappa shape index (κ2) is 9.72. The van der Waals surface area contributed by atoms with E-state index in [1.165, 1.54) is 0 Å². The molecule has 0 N–H and O–H groups in total. The Balaban J connectivity index is 1.67. The van der Waals surface area contributed by atoms with E-state index in [1.54, 1.807) is 0 Å². The van der Waals surface area contributed by atoms with Crippen LogP contribution >= 0.6 is 8.60 Å². The van der Waals surface area contributed by atoms with E-state index in [1.807, 2.05) is 103 Å². The fourth-order valence-corrected chi connectivity index (χ4v) is 6.56. The number of para-hydroxylation sites is 1. The Labute approximate surface area is 212 Å². The minimum Gasteiger partial charge on any atom is -0.427 e. The summed E-state index contributed by atoms with van der Waals surface area (Å²) in [4.78, 5) is 0. The maximum Gasteiger partial charge on any atom is 0.399 e. The lowest BCUT2D eigenvalue weighted by atomic mass is 9.66. The topological polar surface area (TPSA) is 27.7 Å². The molecule has 6 rings (SSSR count). The first-order chi connectivity index (χ1) is 17.8. The maximum atomic E-state index is 7.07. The quantitative estimate of drug-likeness (QED) is 0.225. The van der Waals surface area contributed by atoms with Crippen LogP contribution in [0.2, 0.25) is 0 Å². The second-order valence-electron chi connectivity index (χ2n) is 8.64. The van der Waals surface area contributed by atoms with Gasteiger partial charge in [-0.3, -0.25) is 9.05 Å². The van der Waals surface area contributed by atoms with Gasteiger partial charge in [-0.1, -0.05) is 140 Å². The molecule has 0 aliphatic carbocycles. The molecular formula is C32H25O3P. The Kier molecular flexibility index (Phi) is 6.13. The molecule has 3 nitrogen and oxygen atoms in total. The fraction of sp³-hybridized carbons (Fsp3) is 0.0625. The second-order valence-corrected chi connectivity index (χ2v) is 9.63. The van der Waals surface area contributed by atoms with Gasteiger partial charge in [0.15, 0.2) is 11.2 Å². The van der Waals surface area contributed by atoms with Crippen LogP contribution < -0.4 is 4.52 Å². The van der Waals surface area contributed by atoms with E-state index >= 15 is 0 Å². The average Bonchev–Trinajstić information content (AvgIpc) is 3.32. The number of hydrogen-bond donors (Lipinski definition) is 0. The van der Waals surface area contributed by atoms with E-state index < -0.39 is 19.8 Å². The van der Waals surface area contributed by atoms with Gasteiger partial charge in [-0.25, -0.2) is 0 Å². The van der Waals surface area contributed by atoms with Crippen molar-refractivity contribution >= 4 is 8.60 Å². The largest absolute Gasteiger partial charge is 0.427 e. The summed E-state index contributed by atoms with van der Waals surface area (Å²) in [5.74, 6) is 0.704. The van der Waals surface area contributed by atoms with Gasteiger partial charge in [-0.05, 0) is 34.4 Å². The fourth-order valence-electron chi connectivity index (χ4n) is 5.02. The van der Waals surface area contributed by atoms with Gasteiger partial charge in [-0.2, -0.15) is 0 Å². The van der Waals surface area contributed by atoms with E-state index in [9.17, 15) is 0 Å². The van der Waals surface area contributed by atoms with Gasteiger partial charge >= 0.3 is 8.60 Å². The third-order valence-electron chi connectivity index (χ3n) is 6.56. The molecule has 1 aliphatic rings. The molecule has 0 atom stereocenters. The molecule has 0 saturated carbocycles. The van der Waals surface area contributed by atoms with Crippen LogP contribution in [0.3, 0.4) is 0 Å². The lowest BCUT2D eigenvalue weighted by molar-refractivity contribution is 0.00370. The molecule has 0 radical (unpaired) electrons. The molecule has 1 heterocycles. The van der Waals surface area contributed by atoms with Crippen LogP contribution in [0.15, 0.2) is 152 Å². The third kappa shape index (κ3) is 3.73. The molecule has 4 heteroatoms. The summed E-state index contributed by atoms with van der Waals surface area (Å²) in [7, 11) is -1.79. The van der Waals surface area contributed by atoms with Crippen LogP contribution in [0.25, 0.3) is 0 Å². The molecule has 0 aromatic heterocycles. The highest BCUT2D eigenvalue weighted by atomic mass is 31.2. The van der Waals surface area contributed by atoms with Crippen molar-refractivity contribution in [1.29, 1.82) is 0 Å². The van der Waals surface area contributed by atoms with Gasteiger partial charge in [0.2, 0.25) is 0 Å². The summed E-state index contributed by atoms with van der Waals surface area (Å²) in [6.07, 6.45) is 0. The van der Waals surface area contributed by atoms with Crippen molar-refractivity contribution in [2.45, 2.75) is 11.2 Å². The van der Waals surface area contributed by atoms with Crippen LogP contribution in [0.5, 0.6) is 5.75 Å². The Bertz CT molecular complexity index is 1230. The standard InChI is InChI=1S/C32H25O3P/c1-6-16-26(17-7-1)31(27-18-8-2-9-19-27)32(28-20-10-3-11-21-28,29-22-12-4-13-23-29)35-36(34-31)33-30-24-14-5-15-25-30/h1-25H.